The molecule has 0 aliphatic carbocycles. The number of nitrogen functional groups attached to an aromatic ring is 1. The summed E-state index contributed by atoms with van der Waals surface area (Å²) in [7, 11) is 0. The van der Waals surface area contributed by atoms with Gasteiger partial charge in [0.15, 0.2) is 0 Å². The highest BCUT2D eigenvalue weighted by atomic mass is 35.5. The van der Waals surface area contributed by atoms with Crippen molar-refractivity contribution in [3.8, 4) is 0 Å². The van der Waals surface area contributed by atoms with Crippen LogP contribution in [0.5, 0.6) is 0 Å². The number of nitrogens with zero attached hydrogens (tertiary/aromatic N) is 1. The average molecular weight is 316 g/mol. The van der Waals surface area contributed by atoms with Crippen molar-refractivity contribution >= 4 is 46.1 Å². The van der Waals surface area contributed by atoms with E-state index in [1.807, 2.05) is 12.3 Å². The summed E-state index contributed by atoms with van der Waals surface area (Å²) in [5.74, 6) is -0.332. The predicted octanol–water partition coefficient (Wildman–Crippen LogP) is 3.52. The van der Waals surface area contributed by atoms with E-state index in [4.69, 9.17) is 28.9 Å². The lowest BCUT2D eigenvalue weighted by Gasteiger charge is -2.13. The molecule has 1 aromatic carbocycles. The predicted molar refractivity (Wildman–Crippen MR) is 78.9 cm³/mol. The molecule has 19 heavy (non-hydrogen) atoms. The van der Waals surface area contributed by atoms with E-state index in [1.165, 1.54) is 23.5 Å². The first-order chi connectivity index (χ1) is 8.99. The summed E-state index contributed by atoms with van der Waals surface area (Å²) in [6, 6.07) is 2.80. The Bertz CT molecular complexity index is 601. The van der Waals surface area contributed by atoms with Crippen molar-refractivity contribution in [3.05, 3.63) is 44.3 Å². The molecule has 1 atom stereocenters. The Hall–Kier alpha value is -1.30. The monoisotopic (exact) mass is 315 g/mol. The molecule has 0 saturated carbocycles. The van der Waals surface area contributed by atoms with Gasteiger partial charge in [-0.15, -0.1) is 11.3 Å². The average Bonchev–Trinajstić information content (AvgIpc) is 2.87. The van der Waals surface area contributed by atoms with Gasteiger partial charge in [-0.25, -0.2) is 4.98 Å². The Morgan fingerprint density at radius 3 is 2.84 bits per heavy atom. The first kappa shape index (κ1) is 14.1. The van der Waals surface area contributed by atoms with Crippen LogP contribution in [0.1, 0.15) is 28.3 Å². The van der Waals surface area contributed by atoms with Gasteiger partial charge in [0.1, 0.15) is 5.01 Å². The molecule has 1 unspecified atom stereocenters. The highest BCUT2D eigenvalue weighted by Gasteiger charge is 2.17. The second kappa shape index (κ2) is 5.77. The molecule has 2 rings (SSSR count). The Kier molecular flexibility index (Phi) is 4.29. The molecule has 0 fully saturated rings. The first-order valence-electron chi connectivity index (χ1n) is 5.44. The summed E-state index contributed by atoms with van der Waals surface area (Å²) >= 11 is 13.4. The number of benzene rings is 1. The van der Waals surface area contributed by atoms with Gasteiger partial charge in [0.25, 0.3) is 5.91 Å². The number of amides is 1. The van der Waals surface area contributed by atoms with Crippen molar-refractivity contribution in [2.24, 2.45) is 0 Å². The molecule has 100 valence electrons. The molecule has 0 spiro atoms. The van der Waals surface area contributed by atoms with Gasteiger partial charge >= 0.3 is 0 Å². The number of aromatic nitrogens is 1. The molecule has 4 nitrogen and oxygen atoms in total. The minimum absolute atomic E-state index is 0.194. The normalized spacial score (nSPS) is 12.2. The number of nitrogens with one attached hydrogen (secondary N) is 1. The van der Waals surface area contributed by atoms with Gasteiger partial charge in [0, 0.05) is 17.3 Å². The maximum Gasteiger partial charge on any atom is 0.253 e. The van der Waals surface area contributed by atoms with E-state index in [0.717, 1.165) is 5.01 Å². The van der Waals surface area contributed by atoms with Crippen LogP contribution < -0.4 is 11.1 Å². The Morgan fingerprint density at radius 1 is 1.47 bits per heavy atom. The molecule has 1 heterocycles. The van der Waals surface area contributed by atoms with E-state index in [1.54, 1.807) is 6.20 Å². The second-order valence-corrected chi connectivity index (χ2v) is 5.64. The van der Waals surface area contributed by atoms with Crippen molar-refractivity contribution in [3.63, 3.8) is 0 Å². The van der Waals surface area contributed by atoms with Crippen molar-refractivity contribution in [2.75, 3.05) is 5.73 Å². The van der Waals surface area contributed by atoms with Gasteiger partial charge in [0.05, 0.1) is 21.7 Å². The lowest BCUT2D eigenvalue weighted by Crippen LogP contribution is -2.27. The Balaban J connectivity index is 2.21. The topological polar surface area (TPSA) is 68.0 Å². The van der Waals surface area contributed by atoms with Gasteiger partial charge in [-0.05, 0) is 19.1 Å². The standard InChI is InChI=1S/C12H11Cl2N3OS/c1-6(12-16-2-3-19-12)17-11(18)8-4-7(15)5-9(13)10(8)14/h2-6H,15H2,1H3,(H,17,18). The van der Waals surface area contributed by atoms with Gasteiger partial charge < -0.3 is 11.1 Å². The zero-order valence-corrected chi connectivity index (χ0v) is 12.3. The number of carbonyl (C=O) groups is 1. The van der Waals surface area contributed by atoms with Gasteiger partial charge in [-0.2, -0.15) is 0 Å². The van der Waals surface area contributed by atoms with Crippen LogP contribution in [0, 0.1) is 0 Å². The maximum absolute atomic E-state index is 12.1. The van der Waals surface area contributed by atoms with Crippen molar-refractivity contribution in [2.45, 2.75) is 13.0 Å². The molecule has 0 saturated heterocycles. The van der Waals surface area contributed by atoms with E-state index in [2.05, 4.69) is 10.3 Å². The van der Waals surface area contributed by atoms with Crippen molar-refractivity contribution < 1.29 is 4.79 Å². The zero-order valence-electron chi connectivity index (χ0n) is 9.98. The highest BCUT2D eigenvalue weighted by molar-refractivity contribution is 7.09. The Labute approximate surface area is 124 Å². The van der Waals surface area contributed by atoms with E-state index >= 15 is 0 Å². The minimum atomic E-state index is -0.332. The van der Waals surface area contributed by atoms with E-state index in [9.17, 15) is 4.79 Å². The molecular formula is C12H11Cl2N3OS. The third-order valence-electron chi connectivity index (χ3n) is 2.46. The summed E-state index contributed by atoms with van der Waals surface area (Å²) in [4.78, 5) is 16.3. The van der Waals surface area contributed by atoms with Crippen LogP contribution in [-0.2, 0) is 0 Å². The number of anilines is 1. The SMILES string of the molecule is CC(NC(=O)c1cc(N)cc(Cl)c1Cl)c1nccs1. The van der Waals surface area contributed by atoms with Gasteiger partial charge in [0.2, 0.25) is 0 Å². The van der Waals surface area contributed by atoms with E-state index < -0.39 is 0 Å². The Morgan fingerprint density at radius 2 is 2.21 bits per heavy atom. The van der Waals surface area contributed by atoms with Crippen LogP contribution in [0.15, 0.2) is 23.7 Å². The summed E-state index contributed by atoms with van der Waals surface area (Å²) in [6.07, 6.45) is 1.69. The number of carbonyl (C=O) groups excluding carboxylic acids is 1. The maximum atomic E-state index is 12.1. The quantitative estimate of drug-likeness (QED) is 0.851. The molecular weight excluding hydrogens is 305 g/mol. The molecule has 0 aliphatic heterocycles. The first-order valence-corrected chi connectivity index (χ1v) is 7.07. The number of hydrogen-bond donors (Lipinski definition) is 2. The number of hydrogen-bond acceptors (Lipinski definition) is 4. The van der Waals surface area contributed by atoms with Crippen LogP contribution in [-0.4, -0.2) is 10.9 Å². The smallest absolute Gasteiger partial charge is 0.253 e. The molecule has 0 radical (unpaired) electrons. The third-order valence-corrected chi connectivity index (χ3v) is 4.22. The van der Waals surface area contributed by atoms with Crippen LogP contribution in [0.3, 0.4) is 0 Å². The summed E-state index contributed by atoms with van der Waals surface area (Å²) in [5.41, 5.74) is 6.31. The fourth-order valence-electron chi connectivity index (χ4n) is 1.56. The molecule has 3 N–H and O–H groups in total. The number of rotatable bonds is 3. The number of thiazole rings is 1. The van der Waals surface area contributed by atoms with Crippen molar-refractivity contribution in [1.29, 1.82) is 0 Å². The number of halogens is 2. The zero-order chi connectivity index (χ0) is 14.0. The molecule has 0 aliphatic rings. The molecule has 7 heteroatoms. The second-order valence-electron chi connectivity index (χ2n) is 3.93. The number of nitrogens with two attached hydrogens (primary N) is 1. The highest BCUT2D eigenvalue weighted by Crippen LogP contribution is 2.29. The lowest BCUT2D eigenvalue weighted by molar-refractivity contribution is 0.0940. The van der Waals surface area contributed by atoms with Gasteiger partial charge in [-0.1, -0.05) is 23.2 Å². The summed E-state index contributed by atoms with van der Waals surface area (Å²) in [6.45, 7) is 1.85. The van der Waals surface area contributed by atoms with Crippen LogP contribution in [0.4, 0.5) is 5.69 Å². The van der Waals surface area contributed by atoms with Crippen LogP contribution >= 0.6 is 34.5 Å². The summed E-state index contributed by atoms with van der Waals surface area (Å²) < 4.78 is 0. The van der Waals surface area contributed by atoms with Gasteiger partial charge in [-0.3, -0.25) is 4.79 Å². The minimum Gasteiger partial charge on any atom is -0.399 e. The fraction of sp³-hybridized carbons (Fsp3) is 0.167. The molecule has 1 amide bonds. The third kappa shape index (κ3) is 3.18. The fourth-order valence-corrected chi connectivity index (χ4v) is 2.63. The summed E-state index contributed by atoms with van der Waals surface area (Å²) in [5, 5.41) is 5.92. The van der Waals surface area contributed by atoms with E-state index in [0.29, 0.717) is 5.69 Å². The molecule has 1 aromatic heterocycles. The molecule has 2 aromatic rings. The van der Waals surface area contributed by atoms with E-state index in [-0.39, 0.29) is 27.6 Å². The lowest BCUT2D eigenvalue weighted by atomic mass is 10.1. The van der Waals surface area contributed by atoms with Crippen molar-refractivity contribution in [1.82, 2.24) is 10.3 Å². The van der Waals surface area contributed by atoms with Crippen LogP contribution in [0.25, 0.3) is 0 Å². The molecule has 0 bridgehead atoms. The van der Waals surface area contributed by atoms with Crippen LogP contribution in [0.2, 0.25) is 10.0 Å². The largest absolute Gasteiger partial charge is 0.399 e.